The summed E-state index contributed by atoms with van der Waals surface area (Å²) >= 11 is 0. The summed E-state index contributed by atoms with van der Waals surface area (Å²) in [5, 5.41) is 9.35. The number of alkyl carbamates (subject to hydrolysis) is 1. The highest BCUT2D eigenvalue weighted by Gasteiger charge is 2.50. The van der Waals surface area contributed by atoms with Gasteiger partial charge in [-0.05, 0) is 42.0 Å². The normalized spacial score (nSPS) is 17.5. The fourth-order valence-electron chi connectivity index (χ4n) is 5.37. The number of nitrogens with one attached hydrogen (secondary N) is 4. The van der Waals surface area contributed by atoms with E-state index in [4.69, 9.17) is 9.47 Å². The molecule has 2 heterocycles. The van der Waals surface area contributed by atoms with E-state index in [1.807, 2.05) is 91.1 Å². The van der Waals surface area contributed by atoms with Crippen molar-refractivity contribution in [3.05, 3.63) is 108 Å². The first-order valence-corrected chi connectivity index (χ1v) is 15.5. The minimum Gasteiger partial charge on any atom is -0.445 e. The molecule has 46 heavy (non-hydrogen) atoms. The molecule has 0 bridgehead atoms. The standard InChI is InChI=1S/C36H40N4O6/c1-23(2)31(40-35(44)45-21-25-14-8-5-9-15-25)34(43)39-30(19-26-20-37-28-17-11-10-16-27(26)28)33(42)38-29(32(41)36(3)22-46-36)18-24-12-6-4-7-13-24/h4-17,20,23,29-31,37H,18-19,21-22H2,1-3H3,(H,38,42)(H,39,43)(H,40,44)/t29-,30-,31+,36+/m0/s1. The minimum atomic E-state index is -1.06. The topological polar surface area (TPSA) is 142 Å². The van der Waals surface area contributed by atoms with Crippen LogP contribution in [0.25, 0.3) is 10.9 Å². The average molecular weight is 625 g/mol. The molecule has 0 unspecified atom stereocenters. The third kappa shape index (κ3) is 8.19. The molecule has 3 amide bonds. The highest BCUT2D eigenvalue weighted by atomic mass is 16.6. The summed E-state index contributed by atoms with van der Waals surface area (Å²) in [5.74, 6) is -1.62. The second-order valence-corrected chi connectivity index (χ2v) is 12.2. The molecule has 4 atom stereocenters. The number of hydrogen-bond acceptors (Lipinski definition) is 6. The van der Waals surface area contributed by atoms with E-state index >= 15 is 0 Å². The molecule has 240 valence electrons. The van der Waals surface area contributed by atoms with Gasteiger partial charge in [-0.15, -0.1) is 0 Å². The number of fused-ring (bicyclic) bond motifs is 1. The number of ketones is 1. The maximum Gasteiger partial charge on any atom is 0.408 e. The quantitative estimate of drug-likeness (QED) is 0.155. The van der Waals surface area contributed by atoms with Crippen LogP contribution in [0.2, 0.25) is 0 Å². The second kappa shape index (κ2) is 14.4. The number of para-hydroxylation sites is 1. The molecule has 1 aliphatic rings. The van der Waals surface area contributed by atoms with Crippen LogP contribution in [0.15, 0.2) is 91.1 Å². The van der Waals surface area contributed by atoms with Crippen LogP contribution in [-0.4, -0.2) is 59.0 Å². The Hall–Kier alpha value is -4.96. The van der Waals surface area contributed by atoms with Gasteiger partial charge in [0.15, 0.2) is 5.78 Å². The highest BCUT2D eigenvalue weighted by molar-refractivity contribution is 5.99. The number of aromatic nitrogens is 1. The van der Waals surface area contributed by atoms with Crippen molar-refractivity contribution < 1.29 is 28.7 Å². The lowest BCUT2D eigenvalue weighted by molar-refractivity contribution is -0.133. The number of hydrogen-bond donors (Lipinski definition) is 4. The minimum absolute atomic E-state index is 0.0458. The third-order valence-electron chi connectivity index (χ3n) is 8.18. The fourth-order valence-corrected chi connectivity index (χ4v) is 5.37. The number of benzene rings is 3. The van der Waals surface area contributed by atoms with Gasteiger partial charge in [0.25, 0.3) is 0 Å². The monoisotopic (exact) mass is 624 g/mol. The Morgan fingerprint density at radius 2 is 1.41 bits per heavy atom. The van der Waals surface area contributed by atoms with Crippen molar-refractivity contribution in [2.24, 2.45) is 5.92 Å². The number of H-pyrrole nitrogens is 1. The van der Waals surface area contributed by atoms with Crippen molar-refractivity contribution >= 4 is 34.6 Å². The third-order valence-corrected chi connectivity index (χ3v) is 8.18. The molecular formula is C36H40N4O6. The fraction of sp³-hybridized carbons (Fsp3) is 0.333. The Morgan fingerprint density at radius 1 is 0.804 bits per heavy atom. The Bertz CT molecular complexity index is 1670. The van der Waals surface area contributed by atoms with Gasteiger partial charge in [-0.1, -0.05) is 92.7 Å². The van der Waals surface area contributed by atoms with E-state index in [-0.39, 0.29) is 37.8 Å². The predicted octanol–water partition coefficient (Wildman–Crippen LogP) is 4.23. The number of Topliss-reactive ketones (excluding diaryl/α,β-unsaturated/α-hetero) is 1. The summed E-state index contributed by atoms with van der Waals surface area (Å²) in [6.45, 7) is 5.62. The summed E-state index contributed by atoms with van der Waals surface area (Å²) in [6, 6.07) is 23.4. The Kier molecular flexibility index (Phi) is 10.2. The molecule has 4 N–H and O–H groups in total. The lowest BCUT2D eigenvalue weighted by Crippen LogP contribution is -2.58. The van der Waals surface area contributed by atoms with E-state index in [0.717, 1.165) is 27.6 Å². The van der Waals surface area contributed by atoms with Crippen molar-refractivity contribution in [2.45, 2.75) is 63.9 Å². The van der Waals surface area contributed by atoms with E-state index in [9.17, 15) is 19.2 Å². The number of aromatic amines is 1. The van der Waals surface area contributed by atoms with Crippen molar-refractivity contribution in [3.8, 4) is 0 Å². The summed E-state index contributed by atoms with van der Waals surface area (Å²) in [5.41, 5.74) is 2.43. The predicted molar refractivity (Wildman–Crippen MR) is 174 cm³/mol. The highest BCUT2D eigenvalue weighted by Crippen LogP contribution is 2.29. The SMILES string of the molecule is CC(C)[C@@H](NC(=O)OCc1ccccc1)C(=O)N[C@@H](Cc1c[nH]c2ccccc12)C(=O)N[C@@H](Cc1ccccc1)C(=O)[C@@]1(C)CO1. The van der Waals surface area contributed by atoms with E-state index in [2.05, 4.69) is 20.9 Å². The Balaban J connectivity index is 1.35. The molecule has 0 aliphatic carbocycles. The molecule has 1 aromatic heterocycles. The number of carbonyl (C=O) groups excluding carboxylic acids is 4. The zero-order valence-corrected chi connectivity index (χ0v) is 26.2. The van der Waals surface area contributed by atoms with Gasteiger partial charge >= 0.3 is 6.09 Å². The van der Waals surface area contributed by atoms with Gasteiger partial charge in [0, 0.05) is 23.5 Å². The smallest absolute Gasteiger partial charge is 0.408 e. The van der Waals surface area contributed by atoms with Crippen LogP contribution in [-0.2, 0) is 43.3 Å². The summed E-state index contributed by atoms with van der Waals surface area (Å²) in [7, 11) is 0. The molecule has 10 heteroatoms. The van der Waals surface area contributed by atoms with Crippen LogP contribution >= 0.6 is 0 Å². The number of amides is 3. The maximum atomic E-state index is 14.0. The number of carbonyl (C=O) groups is 4. The molecule has 0 saturated carbocycles. The van der Waals surface area contributed by atoms with Crippen molar-refractivity contribution in [2.75, 3.05) is 6.61 Å². The molecule has 1 fully saturated rings. The molecule has 4 aromatic rings. The molecule has 0 spiro atoms. The van der Waals surface area contributed by atoms with Gasteiger partial charge in [-0.25, -0.2) is 4.79 Å². The van der Waals surface area contributed by atoms with Gasteiger partial charge in [0.1, 0.15) is 24.3 Å². The first-order valence-electron chi connectivity index (χ1n) is 15.5. The van der Waals surface area contributed by atoms with E-state index in [1.165, 1.54) is 0 Å². The van der Waals surface area contributed by atoms with Crippen LogP contribution in [0.4, 0.5) is 4.79 Å². The zero-order valence-electron chi connectivity index (χ0n) is 26.2. The lowest BCUT2D eigenvalue weighted by Gasteiger charge is -2.27. The van der Waals surface area contributed by atoms with E-state index < -0.39 is 41.6 Å². The molecule has 10 nitrogen and oxygen atoms in total. The van der Waals surface area contributed by atoms with E-state index in [0.29, 0.717) is 0 Å². The van der Waals surface area contributed by atoms with Gasteiger partial charge in [0.2, 0.25) is 11.8 Å². The summed E-state index contributed by atoms with van der Waals surface area (Å²) in [6.07, 6.45) is 1.47. The van der Waals surface area contributed by atoms with Gasteiger partial charge in [0.05, 0.1) is 12.6 Å². The molecule has 3 aromatic carbocycles. The van der Waals surface area contributed by atoms with Crippen molar-refractivity contribution in [3.63, 3.8) is 0 Å². The van der Waals surface area contributed by atoms with Gasteiger partial charge in [-0.2, -0.15) is 0 Å². The lowest BCUT2D eigenvalue weighted by atomic mass is 9.94. The zero-order chi connectivity index (χ0) is 32.7. The van der Waals surface area contributed by atoms with Crippen molar-refractivity contribution in [1.82, 2.24) is 20.9 Å². The average Bonchev–Trinajstić information content (AvgIpc) is 3.69. The first-order chi connectivity index (χ1) is 22.1. The molecule has 1 saturated heterocycles. The molecule has 0 radical (unpaired) electrons. The summed E-state index contributed by atoms with van der Waals surface area (Å²) < 4.78 is 10.8. The van der Waals surface area contributed by atoms with Crippen LogP contribution in [0.1, 0.15) is 37.5 Å². The molecule has 5 rings (SSSR count). The van der Waals surface area contributed by atoms with Crippen LogP contribution in [0, 0.1) is 5.92 Å². The van der Waals surface area contributed by atoms with Gasteiger partial charge < -0.3 is 30.4 Å². The molecule has 1 aliphatic heterocycles. The number of epoxide rings is 1. The Morgan fingerprint density at radius 3 is 2.07 bits per heavy atom. The largest absolute Gasteiger partial charge is 0.445 e. The first kappa shape index (κ1) is 32.4. The molecular weight excluding hydrogens is 584 g/mol. The van der Waals surface area contributed by atoms with Crippen LogP contribution in [0.3, 0.4) is 0 Å². The summed E-state index contributed by atoms with van der Waals surface area (Å²) in [4.78, 5) is 57.2. The van der Waals surface area contributed by atoms with Crippen molar-refractivity contribution in [1.29, 1.82) is 0 Å². The Labute approximate surface area is 268 Å². The second-order valence-electron chi connectivity index (χ2n) is 12.2. The number of rotatable bonds is 14. The van der Waals surface area contributed by atoms with Crippen LogP contribution in [0.5, 0.6) is 0 Å². The van der Waals surface area contributed by atoms with E-state index in [1.54, 1.807) is 20.8 Å². The maximum absolute atomic E-state index is 14.0. The van der Waals surface area contributed by atoms with Gasteiger partial charge in [-0.3, -0.25) is 14.4 Å². The van der Waals surface area contributed by atoms with Crippen LogP contribution < -0.4 is 16.0 Å². The number of ether oxygens (including phenoxy) is 2.